The average Bonchev–Trinajstić information content (AvgIpc) is 3.08. The Morgan fingerprint density at radius 3 is 2.31 bits per heavy atom. The second-order valence-electron chi connectivity index (χ2n) is 7.86. The molecule has 0 saturated carbocycles. The van der Waals surface area contributed by atoms with Crippen molar-refractivity contribution in [3.8, 4) is 11.5 Å². The number of hydrogen-bond donors (Lipinski definition) is 1. The molecule has 0 aliphatic carbocycles. The molecule has 0 bridgehead atoms. The van der Waals surface area contributed by atoms with Gasteiger partial charge in [0.2, 0.25) is 0 Å². The number of benzene rings is 3. The minimum absolute atomic E-state index is 0.00467. The van der Waals surface area contributed by atoms with E-state index >= 15 is 0 Å². The van der Waals surface area contributed by atoms with Crippen molar-refractivity contribution in [3.05, 3.63) is 95.1 Å². The zero-order valence-corrected chi connectivity index (χ0v) is 18.7. The number of Topliss-reactive ketones (excluding diaryl/α,β-unsaturated/α-hetero) is 1. The first-order valence-corrected chi connectivity index (χ1v) is 10.5. The number of ether oxygens (including phenoxy) is 2. The van der Waals surface area contributed by atoms with Crippen molar-refractivity contribution in [2.75, 3.05) is 12.0 Å². The lowest BCUT2D eigenvalue weighted by Gasteiger charge is -2.26. The maximum Gasteiger partial charge on any atom is 0.573 e. The number of rotatable bonds is 5. The van der Waals surface area contributed by atoms with Gasteiger partial charge >= 0.3 is 6.36 Å². The summed E-state index contributed by atoms with van der Waals surface area (Å²) in [7, 11) is 1.45. The fourth-order valence-corrected chi connectivity index (χ4v) is 4.01. The Labute approximate surface area is 198 Å². The van der Waals surface area contributed by atoms with Gasteiger partial charge in [-0.1, -0.05) is 48.0 Å². The molecule has 3 aromatic carbocycles. The van der Waals surface area contributed by atoms with E-state index in [9.17, 15) is 27.9 Å². The molecular formula is C26H20F3NO5. The van der Waals surface area contributed by atoms with E-state index in [1.165, 1.54) is 25.3 Å². The van der Waals surface area contributed by atoms with Crippen LogP contribution in [0.5, 0.6) is 11.5 Å². The number of carbonyl (C=O) groups is 2. The fourth-order valence-electron chi connectivity index (χ4n) is 4.01. The monoisotopic (exact) mass is 483 g/mol. The Morgan fingerprint density at radius 2 is 1.63 bits per heavy atom. The van der Waals surface area contributed by atoms with E-state index in [2.05, 4.69) is 4.74 Å². The highest BCUT2D eigenvalue weighted by molar-refractivity contribution is 6.51. The molecule has 1 aliphatic heterocycles. The number of amides is 1. The molecule has 1 heterocycles. The summed E-state index contributed by atoms with van der Waals surface area (Å²) in [5.41, 5.74) is 1.37. The lowest BCUT2D eigenvalue weighted by atomic mass is 9.94. The van der Waals surface area contributed by atoms with Crippen molar-refractivity contribution >= 4 is 23.1 Å². The summed E-state index contributed by atoms with van der Waals surface area (Å²) >= 11 is 0. The fraction of sp³-hybridized carbons (Fsp3) is 0.154. The summed E-state index contributed by atoms with van der Waals surface area (Å²) in [6, 6.07) is 17.0. The second kappa shape index (κ2) is 9.17. The summed E-state index contributed by atoms with van der Waals surface area (Å²) in [5.74, 6) is -2.52. The van der Waals surface area contributed by atoms with E-state index in [1.807, 2.05) is 13.0 Å². The predicted molar refractivity (Wildman–Crippen MR) is 122 cm³/mol. The Hall–Kier alpha value is -4.27. The van der Waals surface area contributed by atoms with Crippen LogP contribution in [0.15, 0.2) is 78.4 Å². The average molecular weight is 483 g/mol. The molecule has 0 aromatic heterocycles. The second-order valence-corrected chi connectivity index (χ2v) is 7.86. The highest BCUT2D eigenvalue weighted by Gasteiger charge is 2.47. The SMILES string of the molecule is COc1cccc(/C(O)=C2\C(=O)C(=O)N(c3cccc(OC(F)(F)F)c3)C2c2cccc(C)c2)c1. The van der Waals surface area contributed by atoms with Crippen LogP contribution in [-0.2, 0) is 9.59 Å². The summed E-state index contributed by atoms with van der Waals surface area (Å²) in [4.78, 5) is 27.4. The number of alkyl halides is 3. The summed E-state index contributed by atoms with van der Waals surface area (Å²) in [5, 5.41) is 11.2. The first-order valence-electron chi connectivity index (χ1n) is 10.5. The Bertz CT molecular complexity index is 1330. The van der Waals surface area contributed by atoms with Gasteiger partial charge in [-0.2, -0.15) is 0 Å². The number of anilines is 1. The minimum atomic E-state index is -4.94. The van der Waals surface area contributed by atoms with E-state index in [0.29, 0.717) is 11.3 Å². The molecule has 0 spiro atoms. The third-order valence-electron chi connectivity index (χ3n) is 5.47. The van der Waals surface area contributed by atoms with Crippen LogP contribution in [0.2, 0.25) is 0 Å². The summed E-state index contributed by atoms with van der Waals surface area (Å²) in [6.45, 7) is 1.82. The van der Waals surface area contributed by atoms with Crippen LogP contribution in [0.3, 0.4) is 0 Å². The van der Waals surface area contributed by atoms with Gasteiger partial charge in [0, 0.05) is 17.3 Å². The maximum absolute atomic E-state index is 13.2. The van der Waals surface area contributed by atoms with Gasteiger partial charge in [-0.05, 0) is 36.8 Å². The number of aliphatic hydroxyl groups is 1. The molecule has 1 aliphatic rings. The number of aliphatic hydroxyl groups excluding tert-OH is 1. The lowest BCUT2D eigenvalue weighted by molar-refractivity contribution is -0.274. The van der Waals surface area contributed by atoms with Gasteiger partial charge in [0.25, 0.3) is 11.7 Å². The van der Waals surface area contributed by atoms with Gasteiger partial charge in [-0.25, -0.2) is 0 Å². The molecule has 0 radical (unpaired) electrons. The number of methoxy groups -OCH3 is 1. The van der Waals surface area contributed by atoms with Crippen LogP contribution in [0.25, 0.3) is 5.76 Å². The van der Waals surface area contributed by atoms with Crippen molar-refractivity contribution in [2.24, 2.45) is 0 Å². The quantitative estimate of drug-likeness (QED) is 0.294. The Morgan fingerprint density at radius 1 is 0.943 bits per heavy atom. The zero-order valence-electron chi connectivity index (χ0n) is 18.7. The number of aryl methyl sites for hydroxylation is 1. The normalized spacial score (nSPS) is 17.5. The molecule has 9 heteroatoms. The summed E-state index contributed by atoms with van der Waals surface area (Å²) < 4.78 is 47.5. The van der Waals surface area contributed by atoms with Crippen LogP contribution < -0.4 is 14.4 Å². The van der Waals surface area contributed by atoms with Crippen LogP contribution in [0.4, 0.5) is 18.9 Å². The molecule has 1 amide bonds. The summed E-state index contributed by atoms with van der Waals surface area (Å²) in [6.07, 6.45) is -4.94. The molecule has 3 aromatic rings. The van der Waals surface area contributed by atoms with Crippen molar-refractivity contribution in [2.45, 2.75) is 19.3 Å². The number of nitrogens with zero attached hydrogens (tertiary/aromatic N) is 1. The maximum atomic E-state index is 13.2. The highest BCUT2D eigenvalue weighted by atomic mass is 19.4. The van der Waals surface area contributed by atoms with E-state index < -0.39 is 35.6 Å². The van der Waals surface area contributed by atoms with Gasteiger partial charge in [0.15, 0.2) is 0 Å². The molecule has 6 nitrogen and oxygen atoms in total. The van der Waals surface area contributed by atoms with Crippen molar-refractivity contribution in [1.82, 2.24) is 0 Å². The van der Waals surface area contributed by atoms with Gasteiger partial charge in [0.05, 0.1) is 18.7 Å². The molecular weight excluding hydrogens is 463 g/mol. The Kier molecular flexibility index (Phi) is 6.26. The molecule has 35 heavy (non-hydrogen) atoms. The van der Waals surface area contributed by atoms with Crippen molar-refractivity contribution in [3.63, 3.8) is 0 Å². The van der Waals surface area contributed by atoms with E-state index in [0.717, 1.165) is 22.6 Å². The van der Waals surface area contributed by atoms with E-state index in [4.69, 9.17) is 4.74 Å². The van der Waals surface area contributed by atoms with E-state index in [-0.39, 0.29) is 16.8 Å². The zero-order chi connectivity index (χ0) is 25.3. The molecule has 1 fully saturated rings. The smallest absolute Gasteiger partial charge is 0.507 e. The van der Waals surface area contributed by atoms with Gasteiger partial charge in [-0.3, -0.25) is 14.5 Å². The third-order valence-corrected chi connectivity index (χ3v) is 5.47. The van der Waals surface area contributed by atoms with Crippen LogP contribution in [-0.4, -0.2) is 30.3 Å². The predicted octanol–water partition coefficient (Wildman–Crippen LogP) is 5.53. The number of hydrogen-bond acceptors (Lipinski definition) is 5. The highest BCUT2D eigenvalue weighted by Crippen LogP contribution is 2.43. The van der Waals surface area contributed by atoms with Crippen LogP contribution in [0, 0.1) is 6.92 Å². The first kappa shape index (κ1) is 23.9. The topological polar surface area (TPSA) is 76.1 Å². The number of carbonyl (C=O) groups excluding carboxylic acids is 2. The molecule has 4 rings (SSSR count). The third kappa shape index (κ3) is 4.84. The molecule has 1 atom stereocenters. The largest absolute Gasteiger partial charge is 0.573 e. The molecule has 1 saturated heterocycles. The molecule has 180 valence electrons. The standard InChI is InChI=1S/C26H20F3NO5/c1-15-6-3-7-16(12-15)22-21(23(31)17-8-4-10-19(13-17)34-2)24(32)25(33)30(22)18-9-5-11-20(14-18)35-26(27,28)29/h3-14,22,31H,1-2H3/b23-21+. The van der Waals surface area contributed by atoms with E-state index in [1.54, 1.807) is 36.4 Å². The first-order chi connectivity index (χ1) is 16.6. The van der Waals surface area contributed by atoms with Gasteiger partial charge in [0.1, 0.15) is 17.3 Å². The van der Waals surface area contributed by atoms with Crippen LogP contribution in [0.1, 0.15) is 22.7 Å². The van der Waals surface area contributed by atoms with Gasteiger partial charge in [-0.15, -0.1) is 13.2 Å². The van der Waals surface area contributed by atoms with Crippen LogP contribution >= 0.6 is 0 Å². The van der Waals surface area contributed by atoms with Crippen molar-refractivity contribution < 1.29 is 37.3 Å². The lowest BCUT2D eigenvalue weighted by Crippen LogP contribution is -2.29. The number of ketones is 1. The Balaban J connectivity index is 1.91. The van der Waals surface area contributed by atoms with Crippen molar-refractivity contribution in [1.29, 1.82) is 0 Å². The van der Waals surface area contributed by atoms with Gasteiger partial charge < -0.3 is 14.6 Å². The minimum Gasteiger partial charge on any atom is -0.507 e. The molecule has 1 unspecified atom stereocenters. The molecule has 1 N–H and O–H groups in total. The number of halogens is 3.